The molecule has 1 aliphatic heterocycles. The molecule has 230 valence electrons. The molecule has 11 nitrogen and oxygen atoms in total. The largest absolute Gasteiger partial charge is 0.497 e. The van der Waals surface area contributed by atoms with Crippen LogP contribution in [0.15, 0.2) is 48.0 Å². The second-order valence-corrected chi connectivity index (χ2v) is 10.6. The number of nitrogens with one attached hydrogen (secondary N) is 1. The van der Waals surface area contributed by atoms with Gasteiger partial charge in [-0.2, -0.15) is 0 Å². The van der Waals surface area contributed by atoms with Gasteiger partial charge in [0.05, 0.1) is 32.8 Å². The summed E-state index contributed by atoms with van der Waals surface area (Å²) in [5.41, 5.74) is 1.96. The van der Waals surface area contributed by atoms with E-state index in [-0.39, 0.29) is 55.6 Å². The molecule has 0 aromatic heterocycles. The van der Waals surface area contributed by atoms with Gasteiger partial charge in [0.25, 0.3) is 0 Å². The van der Waals surface area contributed by atoms with Crippen LogP contribution >= 0.6 is 0 Å². The zero-order chi connectivity index (χ0) is 31.1. The lowest BCUT2D eigenvalue weighted by Gasteiger charge is -2.41. The van der Waals surface area contributed by atoms with E-state index >= 15 is 0 Å². The monoisotopic (exact) mass is 594 g/mol. The molecular formula is C32H38N2O9. The van der Waals surface area contributed by atoms with Gasteiger partial charge in [-0.25, -0.2) is 0 Å². The van der Waals surface area contributed by atoms with E-state index in [1.807, 2.05) is 24.3 Å². The van der Waals surface area contributed by atoms with Crippen LogP contribution < -0.4 is 19.5 Å². The minimum atomic E-state index is -1.25. The maximum Gasteiger partial charge on any atom is 0.247 e. The molecule has 4 atom stereocenters. The number of hydrogen-bond acceptors (Lipinski definition) is 9. The third-order valence-corrected chi connectivity index (χ3v) is 7.79. The van der Waals surface area contributed by atoms with Gasteiger partial charge >= 0.3 is 0 Å². The van der Waals surface area contributed by atoms with Crippen LogP contribution in [0.3, 0.4) is 0 Å². The number of carbonyl (C=O) groups is 4. The Hall–Kier alpha value is -4.22. The molecule has 2 amide bonds. The summed E-state index contributed by atoms with van der Waals surface area (Å²) in [5, 5.41) is 23.8. The van der Waals surface area contributed by atoms with Crippen LogP contribution in [0.25, 0.3) is 0 Å². The third kappa shape index (κ3) is 7.06. The van der Waals surface area contributed by atoms with Gasteiger partial charge in [0.1, 0.15) is 30.0 Å². The minimum absolute atomic E-state index is 0.00424. The molecule has 0 spiro atoms. The SMILES string of the molecule is COc1cccc(CCN(C(=O)CCCC(C)=O)C2C=C(C(=O)NCCO)C3c4cc(C=O)cc(OC)c4OC3C2O)c1. The second kappa shape index (κ2) is 14.3. The molecule has 1 heterocycles. The maximum atomic E-state index is 13.7. The fourth-order valence-corrected chi connectivity index (χ4v) is 5.71. The van der Waals surface area contributed by atoms with Gasteiger partial charge < -0.3 is 39.4 Å². The van der Waals surface area contributed by atoms with Crippen molar-refractivity contribution in [3.8, 4) is 17.2 Å². The van der Waals surface area contributed by atoms with Crippen molar-refractivity contribution in [2.75, 3.05) is 33.9 Å². The number of carbonyl (C=O) groups excluding carboxylic acids is 4. The predicted molar refractivity (Wildman–Crippen MR) is 156 cm³/mol. The van der Waals surface area contributed by atoms with Gasteiger partial charge in [-0.05, 0) is 55.7 Å². The van der Waals surface area contributed by atoms with E-state index in [0.29, 0.717) is 41.8 Å². The molecule has 4 unspecified atom stereocenters. The zero-order valence-corrected chi connectivity index (χ0v) is 24.6. The number of nitrogens with zero attached hydrogens (tertiary/aromatic N) is 1. The number of fused-ring (bicyclic) bond motifs is 3. The lowest BCUT2D eigenvalue weighted by atomic mass is 9.77. The molecule has 0 bridgehead atoms. The molecule has 0 radical (unpaired) electrons. The molecule has 0 saturated heterocycles. The highest BCUT2D eigenvalue weighted by atomic mass is 16.5. The minimum Gasteiger partial charge on any atom is -0.497 e. The molecule has 2 aliphatic rings. The van der Waals surface area contributed by atoms with Gasteiger partial charge in [0, 0.05) is 42.6 Å². The first-order valence-corrected chi connectivity index (χ1v) is 14.3. The average molecular weight is 595 g/mol. The fraction of sp³-hybridized carbons (Fsp3) is 0.438. The van der Waals surface area contributed by atoms with Crippen molar-refractivity contribution in [2.24, 2.45) is 0 Å². The van der Waals surface area contributed by atoms with Crippen LogP contribution in [0, 0.1) is 0 Å². The smallest absolute Gasteiger partial charge is 0.247 e. The number of ether oxygens (including phenoxy) is 3. The average Bonchev–Trinajstić information content (AvgIpc) is 3.40. The quantitative estimate of drug-likeness (QED) is 0.279. The van der Waals surface area contributed by atoms with E-state index in [4.69, 9.17) is 14.2 Å². The standard InChI is InChI=1S/C32H38N2O9/c1-19(37)6-4-9-27(38)34(12-10-20-7-5-8-22(14-20)41-2)25-17-24(32(40)33-11-13-35)28-23-15-21(18-36)16-26(42-3)30(23)43-31(28)29(25)39/h5,7-8,14-18,25,28-29,31,35,39H,4,6,9-13H2,1-3H3,(H,33,40). The van der Waals surface area contributed by atoms with E-state index in [9.17, 15) is 29.4 Å². The first kappa shape index (κ1) is 31.7. The van der Waals surface area contributed by atoms with Crippen LogP contribution in [-0.2, 0) is 20.8 Å². The predicted octanol–water partition coefficient (Wildman–Crippen LogP) is 1.97. The Labute approximate surface area is 250 Å². The summed E-state index contributed by atoms with van der Waals surface area (Å²) in [6.07, 6.45) is 1.11. The van der Waals surface area contributed by atoms with Gasteiger partial charge in [0.2, 0.25) is 11.8 Å². The molecule has 4 rings (SSSR count). The lowest BCUT2D eigenvalue weighted by Crippen LogP contribution is -2.56. The molecular weight excluding hydrogens is 556 g/mol. The Balaban J connectivity index is 1.75. The highest BCUT2D eigenvalue weighted by Crippen LogP contribution is 2.51. The molecule has 0 fully saturated rings. The van der Waals surface area contributed by atoms with Crippen molar-refractivity contribution in [3.63, 3.8) is 0 Å². The molecule has 2 aromatic carbocycles. The molecule has 0 saturated carbocycles. The first-order valence-electron chi connectivity index (χ1n) is 14.3. The molecule has 43 heavy (non-hydrogen) atoms. The van der Waals surface area contributed by atoms with Gasteiger partial charge in [-0.1, -0.05) is 12.1 Å². The number of rotatable bonds is 14. The first-order chi connectivity index (χ1) is 20.7. The van der Waals surface area contributed by atoms with Gasteiger partial charge in [-0.3, -0.25) is 14.4 Å². The summed E-state index contributed by atoms with van der Waals surface area (Å²) in [7, 11) is 3.00. The lowest BCUT2D eigenvalue weighted by molar-refractivity contribution is -0.137. The highest BCUT2D eigenvalue weighted by Gasteiger charge is 2.51. The summed E-state index contributed by atoms with van der Waals surface area (Å²) >= 11 is 0. The maximum absolute atomic E-state index is 13.7. The fourth-order valence-electron chi connectivity index (χ4n) is 5.71. The van der Waals surface area contributed by atoms with E-state index in [2.05, 4.69) is 5.32 Å². The van der Waals surface area contributed by atoms with Crippen molar-refractivity contribution in [2.45, 2.75) is 56.8 Å². The number of Topliss-reactive ketones (excluding diaryl/α,β-unsaturated/α-hetero) is 1. The number of aliphatic hydroxyl groups excluding tert-OH is 2. The number of ketones is 1. The van der Waals surface area contributed by atoms with Crippen LogP contribution in [0.5, 0.6) is 17.2 Å². The number of hydrogen-bond donors (Lipinski definition) is 3. The number of aliphatic hydroxyl groups is 2. The van der Waals surface area contributed by atoms with Crippen LogP contribution in [0.2, 0.25) is 0 Å². The van der Waals surface area contributed by atoms with Crippen molar-refractivity contribution in [3.05, 3.63) is 64.7 Å². The molecule has 1 aliphatic carbocycles. The van der Waals surface area contributed by atoms with Crippen molar-refractivity contribution in [1.82, 2.24) is 10.2 Å². The third-order valence-electron chi connectivity index (χ3n) is 7.79. The summed E-state index contributed by atoms with van der Waals surface area (Å²) in [5.74, 6) is -0.316. The Morgan fingerprint density at radius 2 is 1.91 bits per heavy atom. The Kier molecular flexibility index (Phi) is 10.5. The van der Waals surface area contributed by atoms with Crippen molar-refractivity contribution >= 4 is 23.9 Å². The molecule has 2 aromatic rings. The normalized spacial score (nSPS) is 20.2. The van der Waals surface area contributed by atoms with Crippen LogP contribution in [0.4, 0.5) is 0 Å². The van der Waals surface area contributed by atoms with E-state index in [0.717, 1.165) is 5.56 Å². The van der Waals surface area contributed by atoms with E-state index < -0.39 is 30.1 Å². The van der Waals surface area contributed by atoms with Crippen LogP contribution in [0.1, 0.15) is 53.6 Å². The zero-order valence-electron chi connectivity index (χ0n) is 24.6. The number of aldehydes is 1. The summed E-state index contributed by atoms with van der Waals surface area (Å²) in [4.78, 5) is 51.9. The number of methoxy groups -OCH3 is 2. The van der Waals surface area contributed by atoms with Crippen LogP contribution in [-0.4, -0.2) is 91.2 Å². The Morgan fingerprint density at radius 1 is 1.12 bits per heavy atom. The molecule has 3 N–H and O–H groups in total. The number of benzene rings is 2. The summed E-state index contributed by atoms with van der Waals surface area (Å²) in [6, 6.07) is 9.61. The van der Waals surface area contributed by atoms with E-state index in [1.54, 1.807) is 19.3 Å². The van der Waals surface area contributed by atoms with E-state index in [1.165, 1.54) is 25.0 Å². The second-order valence-electron chi connectivity index (χ2n) is 10.6. The number of amides is 2. The molecule has 11 heteroatoms. The topological polar surface area (TPSA) is 152 Å². The Bertz CT molecular complexity index is 1390. The highest BCUT2D eigenvalue weighted by molar-refractivity contribution is 5.96. The van der Waals surface area contributed by atoms with Gasteiger partial charge in [0.15, 0.2) is 11.5 Å². The van der Waals surface area contributed by atoms with Gasteiger partial charge in [-0.15, -0.1) is 0 Å². The Morgan fingerprint density at radius 3 is 2.58 bits per heavy atom. The summed E-state index contributed by atoms with van der Waals surface area (Å²) in [6.45, 7) is 1.39. The van der Waals surface area contributed by atoms with Crippen molar-refractivity contribution < 1.29 is 43.6 Å². The van der Waals surface area contributed by atoms with Crippen molar-refractivity contribution in [1.29, 1.82) is 0 Å². The summed E-state index contributed by atoms with van der Waals surface area (Å²) < 4.78 is 17.0.